The van der Waals surface area contributed by atoms with E-state index < -0.39 is 11.9 Å². The second-order valence-electron chi connectivity index (χ2n) is 4.17. The number of hydrogen-bond acceptors (Lipinski definition) is 3. The molecule has 0 saturated heterocycles. The maximum Gasteiger partial charge on any atom is 0.346 e. The lowest BCUT2D eigenvalue weighted by Gasteiger charge is -2.16. The minimum atomic E-state index is -0.575. The largest absolute Gasteiger partial charge is 0.386 e. The van der Waals surface area contributed by atoms with Crippen molar-refractivity contribution >= 4 is 22.7 Å². The van der Waals surface area contributed by atoms with Gasteiger partial charge in [-0.05, 0) is 29.5 Å². The average Bonchev–Trinajstić information content (AvgIpc) is 2.37. The topological polar surface area (TPSA) is 43.4 Å². The van der Waals surface area contributed by atoms with Gasteiger partial charge in [-0.25, -0.2) is 9.59 Å². The Bertz CT molecular complexity index is 678. The van der Waals surface area contributed by atoms with Gasteiger partial charge in [-0.1, -0.05) is 24.3 Å². The Morgan fingerprint density at radius 3 is 2.50 bits per heavy atom. The highest BCUT2D eigenvalue weighted by molar-refractivity contribution is 6.21. The quantitative estimate of drug-likeness (QED) is 0.459. The standard InChI is InChI=1S/C15H10O3/c1-2-4-9-7-8-12-13-10(9)5-3-6-11(13)14(16)18-15(12)17/h2-3,5-8H,1,4H2. The SMILES string of the molecule is C=CCc1ccc2c3c(cccc13)C(=O)OC2=O. The first-order chi connectivity index (χ1) is 8.72. The monoisotopic (exact) mass is 238 g/mol. The lowest BCUT2D eigenvalue weighted by atomic mass is 9.93. The van der Waals surface area contributed by atoms with Gasteiger partial charge in [0.25, 0.3) is 0 Å². The van der Waals surface area contributed by atoms with Crippen LogP contribution >= 0.6 is 0 Å². The van der Waals surface area contributed by atoms with Gasteiger partial charge in [0, 0.05) is 5.39 Å². The highest BCUT2D eigenvalue weighted by atomic mass is 16.6. The van der Waals surface area contributed by atoms with Crippen LogP contribution in [0.15, 0.2) is 43.0 Å². The molecule has 0 fully saturated rings. The Hall–Kier alpha value is -2.42. The van der Waals surface area contributed by atoms with Gasteiger partial charge in [-0.3, -0.25) is 0 Å². The van der Waals surface area contributed by atoms with Crippen LogP contribution in [0.5, 0.6) is 0 Å². The van der Waals surface area contributed by atoms with Gasteiger partial charge in [0.2, 0.25) is 0 Å². The summed E-state index contributed by atoms with van der Waals surface area (Å²) < 4.78 is 4.70. The third kappa shape index (κ3) is 1.37. The van der Waals surface area contributed by atoms with Crippen LogP contribution in [0.1, 0.15) is 26.3 Å². The molecule has 1 aliphatic rings. The molecule has 2 aromatic carbocycles. The van der Waals surface area contributed by atoms with Crippen LogP contribution in [0.4, 0.5) is 0 Å². The van der Waals surface area contributed by atoms with Crippen molar-refractivity contribution in [2.24, 2.45) is 0 Å². The minimum Gasteiger partial charge on any atom is -0.386 e. The van der Waals surface area contributed by atoms with Crippen molar-refractivity contribution in [2.75, 3.05) is 0 Å². The van der Waals surface area contributed by atoms with E-state index in [0.29, 0.717) is 22.9 Å². The average molecular weight is 238 g/mol. The smallest absolute Gasteiger partial charge is 0.346 e. The van der Waals surface area contributed by atoms with Crippen molar-refractivity contribution in [3.05, 3.63) is 59.7 Å². The molecule has 3 nitrogen and oxygen atoms in total. The summed E-state index contributed by atoms with van der Waals surface area (Å²) in [5, 5.41) is 1.60. The van der Waals surface area contributed by atoms with Crippen LogP contribution in [0.25, 0.3) is 10.8 Å². The highest BCUT2D eigenvalue weighted by Crippen LogP contribution is 2.31. The lowest BCUT2D eigenvalue weighted by molar-refractivity contribution is 0.0391. The van der Waals surface area contributed by atoms with Crippen LogP contribution in [0, 0.1) is 0 Å². The van der Waals surface area contributed by atoms with Crippen molar-refractivity contribution in [3.8, 4) is 0 Å². The molecule has 0 aromatic heterocycles. The van der Waals surface area contributed by atoms with E-state index in [-0.39, 0.29) is 0 Å². The Morgan fingerprint density at radius 2 is 1.78 bits per heavy atom. The molecular weight excluding hydrogens is 228 g/mol. The molecule has 1 heterocycles. The molecule has 0 radical (unpaired) electrons. The molecule has 0 spiro atoms. The molecule has 88 valence electrons. The fourth-order valence-electron chi connectivity index (χ4n) is 2.33. The zero-order valence-corrected chi connectivity index (χ0v) is 9.60. The summed E-state index contributed by atoms with van der Waals surface area (Å²) in [6, 6.07) is 8.97. The van der Waals surface area contributed by atoms with Gasteiger partial charge in [0.15, 0.2) is 0 Å². The third-order valence-corrected chi connectivity index (χ3v) is 3.12. The van der Waals surface area contributed by atoms with E-state index in [4.69, 9.17) is 4.74 Å². The number of benzene rings is 2. The van der Waals surface area contributed by atoms with Crippen molar-refractivity contribution < 1.29 is 14.3 Å². The van der Waals surface area contributed by atoms with E-state index in [2.05, 4.69) is 6.58 Å². The molecule has 2 aromatic rings. The second-order valence-corrected chi connectivity index (χ2v) is 4.17. The molecule has 0 saturated carbocycles. The van der Waals surface area contributed by atoms with Crippen molar-refractivity contribution in [2.45, 2.75) is 6.42 Å². The number of carbonyl (C=O) groups is 2. The van der Waals surface area contributed by atoms with Crippen LogP contribution in [-0.2, 0) is 11.2 Å². The summed E-state index contributed by atoms with van der Waals surface area (Å²) in [5.41, 5.74) is 1.95. The van der Waals surface area contributed by atoms with Gasteiger partial charge in [-0.15, -0.1) is 6.58 Å². The van der Waals surface area contributed by atoms with Gasteiger partial charge < -0.3 is 4.74 Å². The predicted octanol–water partition coefficient (Wildman–Crippen LogP) is 2.88. The van der Waals surface area contributed by atoms with E-state index >= 15 is 0 Å². The lowest BCUT2D eigenvalue weighted by Crippen LogP contribution is -2.19. The van der Waals surface area contributed by atoms with Crippen LogP contribution in [0.2, 0.25) is 0 Å². The van der Waals surface area contributed by atoms with E-state index in [1.807, 2.05) is 12.1 Å². The van der Waals surface area contributed by atoms with Crippen LogP contribution in [0.3, 0.4) is 0 Å². The van der Waals surface area contributed by atoms with Gasteiger partial charge in [0.1, 0.15) is 0 Å². The Kier molecular flexibility index (Phi) is 2.27. The normalized spacial score (nSPS) is 13.6. The summed E-state index contributed by atoms with van der Waals surface area (Å²) in [7, 11) is 0. The fraction of sp³-hybridized carbons (Fsp3) is 0.0667. The summed E-state index contributed by atoms with van der Waals surface area (Å²) >= 11 is 0. The zero-order valence-electron chi connectivity index (χ0n) is 9.60. The summed E-state index contributed by atoms with van der Waals surface area (Å²) in [4.78, 5) is 23.4. The molecule has 0 amide bonds. The number of rotatable bonds is 2. The van der Waals surface area contributed by atoms with E-state index in [0.717, 1.165) is 10.9 Å². The summed E-state index contributed by atoms with van der Waals surface area (Å²) in [6.45, 7) is 3.71. The molecule has 3 rings (SSSR count). The molecular formula is C15H10O3. The number of carbonyl (C=O) groups excluding carboxylic acids is 2. The van der Waals surface area contributed by atoms with Gasteiger partial charge in [-0.2, -0.15) is 0 Å². The molecule has 18 heavy (non-hydrogen) atoms. The maximum atomic E-state index is 11.7. The molecule has 0 atom stereocenters. The second kappa shape index (κ2) is 3.81. The first-order valence-electron chi connectivity index (χ1n) is 5.64. The maximum absolute atomic E-state index is 11.7. The molecule has 0 bridgehead atoms. The molecule has 0 unspecified atom stereocenters. The van der Waals surface area contributed by atoms with E-state index in [1.54, 1.807) is 24.3 Å². The van der Waals surface area contributed by atoms with Crippen LogP contribution in [-0.4, -0.2) is 11.9 Å². The van der Waals surface area contributed by atoms with Crippen molar-refractivity contribution in [1.29, 1.82) is 0 Å². The van der Waals surface area contributed by atoms with Crippen LogP contribution < -0.4 is 0 Å². The van der Waals surface area contributed by atoms with E-state index in [1.165, 1.54) is 0 Å². The Labute approximate surface area is 104 Å². The number of ether oxygens (including phenoxy) is 1. The number of cyclic esters (lactones) is 2. The predicted molar refractivity (Wildman–Crippen MR) is 67.6 cm³/mol. The molecule has 0 aliphatic carbocycles. The zero-order chi connectivity index (χ0) is 12.7. The third-order valence-electron chi connectivity index (χ3n) is 3.12. The first-order valence-corrected chi connectivity index (χ1v) is 5.64. The first kappa shape index (κ1) is 10.7. The molecule has 3 heteroatoms. The van der Waals surface area contributed by atoms with Gasteiger partial charge >= 0.3 is 11.9 Å². The fourth-order valence-corrected chi connectivity index (χ4v) is 2.33. The Balaban J connectivity index is 2.44. The Morgan fingerprint density at radius 1 is 1.06 bits per heavy atom. The summed E-state index contributed by atoms with van der Waals surface area (Å²) in [6.07, 6.45) is 2.50. The number of allylic oxidation sites excluding steroid dienone is 1. The number of esters is 2. The van der Waals surface area contributed by atoms with E-state index in [9.17, 15) is 9.59 Å². The van der Waals surface area contributed by atoms with Crippen molar-refractivity contribution in [1.82, 2.24) is 0 Å². The molecule has 1 aliphatic heterocycles. The highest BCUT2D eigenvalue weighted by Gasteiger charge is 2.27. The summed E-state index contributed by atoms with van der Waals surface area (Å²) in [5.74, 6) is -1.15. The molecule has 0 N–H and O–H groups in total. The van der Waals surface area contributed by atoms with Gasteiger partial charge in [0.05, 0.1) is 11.1 Å². The minimum absolute atomic E-state index is 0.452. The number of hydrogen-bond donors (Lipinski definition) is 0. The van der Waals surface area contributed by atoms with Crippen molar-refractivity contribution in [3.63, 3.8) is 0 Å².